The summed E-state index contributed by atoms with van der Waals surface area (Å²) in [7, 11) is 3.01. The Balaban J connectivity index is 2.03. The lowest BCUT2D eigenvalue weighted by atomic mass is 9.96. The first-order chi connectivity index (χ1) is 17.2. The Morgan fingerprint density at radius 3 is 2.44 bits per heavy atom. The van der Waals surface area contributed by atoms with Gasteiger partial charge in [0.1, 0.15) is 18.2 Å². The highest BCUT2D eigenvalue weighted by Gasteiger charge is 2.33. The zero-order valence-corrected chi connectivity index (χ0v) is 22.0. The van der Waals surface area contributed by atoms with Crippen molar-refractivity contribution in [2.24, 2.45) is 5.92 Å². The number of aliphatic hydroxyl groups excluding tert-OH is 1. The highest BCUT2D eigenvalue weighted by molar-refractivity contribution is 8.76. The number of amides is 3. The fourth-order valence-electron chi connectivity index (χ4n) is 3.96. The van der Waals surface area contributed by atoms with Crippen LogP contribution in [-0.2, 0) is 23.9 Å². The van der Waals surface area contributed by atoms with E-state index < -0.39 is 54.0 Å². The third-order valence-electron chi connectivity index (χ3n) is 5.86. The third kappa shape index (κ3) is 8.28. The number of ether oxygens (including phenoxy) is 1. The molecule has 0 radical (unpaired) electrons. The number of rotatable bonds is 2. The molecule has 11 heteroatoms. The number of aliphatic hydroxyl groups is 1. The molecule has 36 heavy (non-hydrogen) atoms. The first-order valence-corrected chi connectivity index (χ1v) is 14.5. The summed E-state index contributed by atoms with van der Waals surface area (Å²) in [5.41, 5.74) is 0.553. The van der Waals surface area contributed by atoms with Crippen molar-refractivity contribution in [3.63, 3.8) is 0 Å². The van der Waals surface area contributed by atoms with Gasteiger partial charge in [-0.1, -0.05) is 71.8 Å². The van der Waals surface area contributed by atoms with Crippen LogP contribution in [0.3, 0.4) is 0 Å². The van der Waals surface area contributed by atoms with Gasteiger partial charge in [0.15, 0.2) is 0 Å². The van der Waals surface area contributed by atoms with Crippen molar-refractivity contribution < 1.29 is 29.0 Å². The molecule has 2 heterocycles. The average molecular weight is 536 g/mol. The van der Waals surface area contributed by atoms with Crippen LogP contribution in [-0.4, -0.2) is 64.6 Å². The van der Waals surface area contributed by atoms with Gasteiger partial charge in [0.25, 0.3) is 0 Å². The zero-order valence-electron chi connectivity index (χ0n) is 20.3. The van der Waals surface area contributed by atoms with E-state index >= 15 is 0 Å². The number of hydrogen-bond donors (Lipinski definition) is 4. The summed E-state index contributed by atoms with van der Waals surface area (Å²) in [6.45, 7) is 3.65. The molecule has 2 bridgehead atoms. The first-order valence-electron chi connectivity index (χ1n) is 12.0. The quantitative estimate of drug-likeness (QED) is 0.256. The second-order valence-electron chi connectivity index (χ2n) is 9.08. The molecule has 1 fully saturated rings. The largest absolute Gasteiger partial charge is 0.457 e. The molecule has 3 rings (SSSR count). The normalized spacial score (nSPS) is 30.1. The van der Waals surface area contributed by atoms with Gasteiger partial charge in [-0.25, -0.2) is 0 Å². The number of nitrogens with one attached hydrogen (secondary N) is 3. The van der Waals surface area contributed by atoms with E-state index in [9.17, 15) is 24.3 Å². The van der Waals surface area contributed by atoms with Gasteiger partial charge in [0, 0.05) is 11.5 Å². The Kier molecular flexibility index (Phi) is 10.7. The molecule has 196 valence electrons. The molecule has 0 aromatic heterocycles. The maximum Gasteiger partial charge on any atom is 0.309 e. The number of esters is 1. The van der Waals surface area contributed by atoms with E-state index in [4.69, 9.17) is 4.74 Å². The van der Waals surface area contributed by atoms with Gasteiger partial charge < -0.3 is 25.8 Å². The second-order valence-corrected chi connectivity index (χ2v) is 11.7. The highest BCUT2D eigenvalue weighted by atomic mass is 33.1. The van der Waals surface area contributed by atoms with Crippen LogP contribution in [0.1, 0.15) is 44.7 Å². The maximum atomic E-state index is 13.4. The van der Waals surface area contributed by atoms with E-state index in [-0.39, 0.29) is 24.5 Å². The predicted molar refractivity (Wildman–Crippen MR) is 140 cm³/mol. The van der Waals surface area contributed by atoms with Crippen molar-refractivity contribution in [3.8, 4) is 0 Å². The predicted octanol–water partition coefficient (Wildman–Crippen LogP) is 1.88. The van der Waals surface area contributed by atoms with Crippen LogP contribution in [0, 0.1) is 5.92 Å². The summed E-state index contributed by atoms with van der Waals surface area (Å²) in [6.07, 6.45) is 1.59. The molecule has 2 aliphatic heterocycles. The molecule has 9 nitrogen and oxygen atoms in total. The number of carbonyl (C=O) groups excluding carboxylic acids is 4. The van der Waals surface area contributed by atoms with Gasteiger partial charge >= 0.3 is 5.97 Å². The molecule has 2 aliphatic rings. The van der Waals surface area contributed by atoms with E-state index in [1.807, 2.05) is 19.9 Å². The molecule has 0 aliphatic carbocycles. The van der Waals surface area contributed by atoms with Crippen molar-refractivity contribution in [2.75, 3.05) is 11.5 Å². The molecule has 1 aromatic carbocycles. The fourth-order valence-corrected chi connectivity index (χ4v) is 6.12. The molecule has 0 spiro atoms. The molecule has 0 saturated carbocycles. The molecule has 0 unspecified atom stereocenters. The standard InChI is InChI=1S/C25H33N3O6S2/c1-15(2)22-19(29)13-21(31)34-17-10-6-7-11-35-36-14-18(24(32)28-22)26-25(33)23(27-20(30)12-17)16-8-4-3-5-9-16/h3-6,8-10,15,17-19,22-23,29H,7,11-14H2,1-2H3,(H,26,33)(H,27,30)(H,28,32)/b10-6+/t17-,18-,19+,22-,23+/m1/s1. The minimum absolute atomic E-state index is 0.189. The summed E-state index contributed by atoms with van der Waals surface area (Å²) < 4.78 is 5.53. The first kappa shape index (κ1) is 28.1. The molecule has 1 aromatic rings. The van der Waals surface area contributed by atoms with Crippen LogP contribution >= 0.6 is 21.6 Å². The van der Waals surface area contributed by atoms with E-state index in [0.717, 1.165) is 5.75 Å². The Morgan fingerprint density at radius 1 is 0.972 bits per heavy atom. The molecule has 4 N–H and O–H groups in total. The van der Waals surface area contributed by atoms with Crippen LogP contribution in [0.25, 0.3) is 0 Å². The van der Waals surface area contributed by atoms with Crippen molar-refractivity contribution in [3.05, 3.63) is 48.0 Å². The average Bonchev–Trinajstić information content (AvgIpc) is 2.83. The van der Waals surface area contributed by atoms with Crippen LogP contribution in [0.15, 0.2) is 42.5 Å². The van der Waals surface area contributed by atoms with Crippen molar-refractivity contribution in [1.82, 2.24) is 16.0 Å². The van der Waals surface area contributed by atoms with Crippen LogP contribution in [0.5, 0.6) is 0 Å². The number of fused-ring (bicyclic) bond motifs is 7. The van der Waals surface area contributed by atoms with Gasteiger partial charge in [-0.05, 0) is 24.0 Å². The summed E-state index contributed by atoms with van der Waals surface area (Å²) in [4.78, 5) is 52.4. The number of allylic oxidation sites excluding steroid dienone is 1. The van der Waals surface area contributed by atoms with Crippen LogP contribution in [0.2, 0.25) is 0 Å². The Morgan fingerprint density at radius 2 is 1.72 bits per heavy atom. The van der Waals surface area contributed by atoms with E-state index in [2.05, 4.69) is 16.0 Å². The summed E-state index contributed by atoms with van der Waals surface area (Å²) in [5, 5.41) is 19.1. The number of hydrogen-bond acceptors (Lipinski definition) is 8. The van der Waals surface area contributed by atoms with Gasteiger partial charge in [0.2, 0.25) is 17.7 Å². The Hall–Kier alpha value is -2.50. The third-order valence-corrected chi connectivity index (χ3v) is 8.30. The summed E-state index contributed by atoms with van der Waals surface area (Å²) in [6, 6.07) is 6.04. The van der Waals surface area contributed by atoms with Gasteiger partial charge in [-0.2, -0.15) is 0 Å². The van der Waals surface area contributed by atoms with Crippen molar-refractivity contribution in [1.29, 1.82) is 0 Å². The van der Waals surface area contributed by atoms with Gasteiger partial charge in [0.05, 0.1) is 25.0 Å². The molecular formula is C25H33N3O6S2. The molecule has 3 amide bonds. The van der Waals surface area contributed by atoms with E-state index in [0.29, 0.717) is 12.0 Å². The van der Waals surface area contributed by atoms with Gasteiger partial charge in [-0.15, -0.1) is 0 Å². The van der Waals surface area contributed by atoms with Crippen LogP contribution < -0.4 is 16.0 Å². The van der Waals surface area contributed by atoms with Crippen molar-refractivity contribution >= 4 is 45.3 Å². The lowest BCUT2D eigenvalue weighted by Crippen LogP contribution is -2.56. The van der Waals surface area contributed by atoms with Gasteiger partial charge in [-0.3, -0.25) is 19.2 Å². The zero-order chi connectivity index (χ0) is 26.1. The van der Waals surface area contributed by atoms with E-state index in [1.165, 1.54) is 10.8 Å². The smallest absolute Gasteiger partial charge is 0.309 e. The fraction of sp³-hybridized carbons (Fsp3) is 0.520. The second kappa shape index (κ2) is 13.7. The number of benzene rings is 1. The maximum absolute atomic E-state index is 13.4. The lowest BCUT2D eigenvalue weighted by molar-refractivity contribution is -0.151. The summed E-state index contributed by atoms with van der Waals surface area (Å²) >= 11 is 0. The Labute approximate surface area is 219 Å². The summed E-state index contributed by atoms with van der Waals surface area (Å²) in [5.74, 6) is -1.35. The topological polar surface area (TPSA) is 134 Å². The monoisotopic (exact) mass is 535 g/mol. The van der Waals surface area contributed by atoms with Crippen molar-refractivity contribution in [2.45, 2.75) is 63.4 Å². The Bertz CT molecular complexity index is 958. The SMILES string of the molecule is CC(C)[C@H]1NC(=O)[C@H]2CSSCC/C=C/[C@H](CC(=O)N[C@@H](c3ccccc3)C(=O)N2)OC(=O)C[C@@H]1O. The van der Waals surface area contributed by atoms with Crippen LogP contribution in [0.4, 0.5) is 0 Å². The highest BCUT2D eigenvalue weighted by Crippen LogP contribution is 2.25. The number of carbonyl (C=O) groups is 4. The minimum atomic E-state index is -1.20. The molecule has 1 saturated heterocycles. The molecular weight excluding hydrogens is 502 g/mol. The molecule has 5 atom stereocenters. The lowest BCUT2D eigenvalue weighted by Gasteiger charge is -2.29. The minimum Gasteiger partial charge on any atom is -0.457 e. The van der Waals surface area contributed by atoms with E-state index in [1.54, 1.807) is 47.2 Å².